The van der Waals surface area contributed by atoms with Crippen molar-refractivity contribution in [1.82, 2.24) is 29.7 Å². The first-order valence-electron chi connectivity index (χ1n) is 27.0. The molecule has 0 atom stereocenters. The highest BCUT2D eigenvalue weighted by atomic mass is 16.5. The number of aromatic nitrogens is 4. The number of rotatable bonds is 17. The molecule has 3 aliphatic rings. The van der Waals surface area contributed by atoms with Crippen LogP contribution in [0.1, 0.15) is 145 Å². The predicted molar refractivity (Wildman–Crippen MR) is 294 cm³/mol. The number of carbonyl (C=O) groups excluding carboxylic acids is 4. The number of fused-ring (bicyclic) bond motifs is 9. The number of para-hydroxylation sites is 1. The maximum Gasteiger partial charge on any atom is 0.261 e. The van der Waals surface area contributed by atoms with Gasteiger partial charge < -0.3 is 9.64 Å². The van der Waals surface area contributed by atoms with Gasteiger partial charge in [-0.1, -0.05) is 96.3 Å². The second kappa shape index (κ2) is 18.6. The van der Waals surface area contributed by atoms with Crippen LogP contribution in [0.2, 0.25) is 0 Å². The number of unbranched alkanes of at least 4 members (excludes halogenated alkanes) is 10. The molecule has 370 valence electrons. The van der Waals surface area contributed by atoms with E-state index in [-0.39, 0.29) is 23.6 Å². The van der Waals surface area contributed by atoms with Gasteiger partial charge in [0.25, 0.3) is 23.6 Å². The molecule has 1 fully saturated rings. The molecule has 0 aliphatic carbocycles. The number of pyridine rings is 2. The van der Waals surface area contributed by atoms with Crippen LogP contribution in [-0.2, 0) is 0 Å². The molecular weight excluding hydrogens is 923 g/mol. The number of hydrogen-bond donors (Lipinski definition) is 0. The fourth-order valence-electron chi connectivity index (χ4n) is 12.5. The maximum atomic E-state index is 15.1. The Balaban J connectivity index is 1.05. The van der Waals surface area contributed by atoms with Crippen LogP contribution in [0.5, 0.6) is 11.5 Å². The number of anilines is 1. The van der Waals surface area contributed by atoms with E-state index >= 15 is 4.79 Å². The van der Waals surface area contributed by atoms with E-state index < -0.39 is 0 Å². The molecule has 3 aromatic heterocycles. The fraction of sp³-hybridized carbons (Fsp3) is 0.323. The van der Waals surface area contributed by atoms with E-state index in [0.717, 1.165) is 145 Å². The third-order valence-electron chi connectivity index (χ3n) is 16.1. The smallest absolute Gasteiger partial charge is 0.261 e. The van der Waals surface area contributed by atoms with Gasteiger partial charge in [-0.05, 0) is 97.1 Å². The Kier molecular flexibility index (Phi) is 11.5. The highest BCUT2D eigenvalue weighted by molar-refractivity contribution is 6.43. The van der Waals surface area contributed by atoms with Crippen LogP contribution in [0.4, 0.5) is 5.69 Å². The molecule has 0 saturated carbocycles. The molecule has 74 heavy (non-hydrogen) atoms. The maximum absolute atomic E-state index is 15.1. The van der Waals surface area contributed by atoms with Crippen molar-refractivity contribution in [2.75, 3.05) is 31.1 Å². The Labute approximate surface area is 428 Å². The molecule has 3 aliphatic heterocycles. The van der Waals surface area contributed by atoms with E-state index in [1.807, 2.05) is 72.8 Å². The van der Waals surface area contributed by atoms with Crippen molar-refractivity contribution in [3.8, 4) is 11.5 Å². The number of nitrogens with zero attached hydrogens (tertiary/aromatic N) is 7. The van der Waals surface area contributed by atoms with Gasteiger partial charge in [-0.3, -0.25) is 38.9 Å². The van der Waals surface area contributed by atoms with Crippen molar-refractivity contribution >= 4 is 116 Å². The van der Waals surface area contributed by atoms with Crippen LogP contribution in [-0.4, -0.2) is 79.5 Å². The normalized spacial score (nSPS) is 14.9. The zero-order valence-corrected chi connectivity index (χ0v) is 42.1. The van der Waals surface area contributed by atoms with Gasteiger partial charge >= 0.3 is 0 Å². The second-order valence-corrected chi connectivity index (χ2v) is 20.6. The lowest BCUT2D eigenvalue weighted by molar-refractivity contribution is 0.0592. The molecule has 0 bridgehead atoms. The van der Waals surface area contributed by atoms with E-state index in [9.17, 15) is 14.4 Å². The summed E-state index contributed by atoms with van der Waals surface area (Å²) in [6, 6.07) is 25.0. The Bertz CT molecular complexity index is 4000. The van der Waals surface area contributed by atoms with Gasteiger partial charge in [-0.15, -0.1) is 0 Å². The number of amides is 4. The largest absolute Gasteiger partial charge is 0.454 e. The number of carbonyl (C=O) groups is 4. The second-order valence-electron chi connectivity index (χ2n) is 20.6. The van der Waals surface area contributed by atoms with Crippen LogP contribution in [0.15, 0.2) is 91.3 Å². The van der Waals surface area contributed by atoms with Gasteiger partial charge in [0.1, 0.15) is 11.3 Å². The number of imide groups is 2. The molecule has 6 heterocycles. The molecule has 13 rings (SSSR count). The highest BCUT2D eigenvalue weighted by Crippen LogP contribution is 2.53. The van der Waals surface area contributed by atoms with Crippen LogP contribution in [0.3, 0.4) is 0 Å². The van der Waals surface area contributed by atoms with Crippen LogP contribution < -0.4 is 9.64 Å². The Morgan fingerprint density at radius 2 is 0.973 bits per heavy atom. The summed E-state index contributed by atoms with van der Waals surface area (Å²) in [6.45, 7) is 6.68. The van der Waals surface area contributed by atoms with Gasteiger partial charge in [0.15, 0.2) is 5.75 Å². The summed E-state index contributed by atoms with van der Waals surface area (Å²) >= 11 is 0. The van der Waals surface area contributed by atoms with Gasteiger partial charge in [0.05, 0.1) is 38.7 Å². The van der Waals surface area contributed by atoms with E-state index in [1.165, 1.54) is 16.2 Å². The number of benzene rings is 7. The first kappa shape index (κ1) is 46.0. The molecule has 0 radical (unpaired) electrons. The monoisotopic (exact) mass is 979 g/mol. The van der Waals surface area contributed by atoms with E-state index in [0.29, 0.717) is 91.5 Å². The number of ether oxygens (including phenoxy) is 1. The average molecular weight is 980 g/mol. The highest BCUT2D eigenvalue weighted by Gasteiger charge is 2.39. The number of hydrogen-bond acceptors (Lipinski definition) is 10. The lowest BCUT2D eigenvalue weighted by Gasteiger charge is -2.32. The van der Waals surface area contributed by atoms with E-state index in [4.69, 9.17) is 24.7 Å². The minimum absolute atomic E-state index is 0.276. The van der Waals surface area contributed by atoms with Crippen molar-refractivity contribution in [2.45, 2.75) is 104 Å². The molecule has 1 saturated heterocycles. The van der Waals surface area contributed by atoms with Gasteiger partial charge in [0, 0.05) is 98.5 Å². The van der Waals surface area contributed by atoms with E-state index in [1.54, 1.807) is 18.5 Å². The van der Waals surface area contributed by atoms with Crippen molar-refractivity contribution < 1.29 is 23.9 Å². The summed E-state index contributed by atoms with van der Waals surface area (Å²) in [7, 11) is 0. The zero-order valence-electron chi connectivity index (χ0n) is 42.1. The Morgan fingerprint density at radius 3 is 1.58 bits per heavy atom. The SMILES string of the molecule is CCCCCCCCN1C(=O)c2ccc3c4c(N5CCCC5)cc5c6c(ccc(c7c(Oc8cccc9nc%10c%11cccnc%11c%11ncccc%11c%10nc89)cc(c2c37)C1=O)c64)C(=O)N(CCCCCCCC)C5=O. The first-order valence-corrected chi connectivity index (χ1v) is 27.0. The van der Waals surface area contributed by atoms with Crippen molar-refractivity contribution in [1.29, 1.82) is 0 Å². The predicted octanol–water partition coefficient (Wildman–Crippen LogP) is 14.2. The molecule has 12 nitrogen and oxygen atoms in total. The Hall–Kier alpha value is -7.86. The lowest BCUT2D eigenvalue weighted by Crippen LogP contribution is -2.41. The molecule has 4 amide bonds. The van der Waals surface area contributed by atoms with E-state index in [2.05, 4.69) is 18.7 Å². The summed E-state index contributed by atoms with van der Waals surface area (Å²) in [6.07, 6.45) is 17.9. The average Bonchev–Trinajstić information content (AvgIpc) is 3.99. The minimum atomic E-state index is -0.356. The molecule has 12 heteroatoms. The van der Waals surface area contributed by atoms with Crippen LogP contribution >= 0.6 is 0 Å². The summed E-state index contributed by atoms with van der Waals surface area (Å²) in [5, 5.41) is 7.56. The summed E-state index contributed by atoms with van der Waals surface area (Å²) in [5.74, 6) is -0.410. The quantitative estimate of drug-likeness (QED) is 0.0375. The van der Waals surface area contributed by atoms with Crippen LogP contribution in [0, 0.1) is 0 Å². The lowest BCUT2D eigenvalue weighted by atomic mass is 9.81. The summed E-state index contributed by atoms with van der Waals surface area (Å²) in [4.78, 5) is 84.8. The Morgan fingerprint density at radius 1 is 0.446 bits per heavy atom. The molecule has 0 spiro atoms. The molecule has 0 N–H and O–H groups in total. The first-order chi connectivity index (χ1) is 36.4. The van der Waals surface area contributed by atoms with Gasteiger partial charge in [-0.2, -0.15) is 0 Å². The molecule has 10 aromatic rings. The van der Waals surface area contributed by atoms with Crippen LogP contribution in [0.25, 0.3) is 87.0 Å². The minimum Gasteiger partial charge on any atom is -0.454 e. The van der Waals surface area contributed by atoms with Gasteiger partial charge in [0.2, 0.25) is 0 Å². The third kappa shape index (κ3) is 7.15. The topological polar surface area (TPSA) is 139 Å². The van der Waals surface area contributed by atoms with Crippen molar-refractivity contribution in [3.63, 3.8) is 0 Å². The fourth-order valence-corrected chi connectivity index (χ4v) is 12.5. The summed E-state index contributed by atoms with van der Waals surface area (Å²) < 4.78 is 7.29. The third-order valence-corrected chi connectivity index (χ3v) is 16.1. The summed E-state index contributed by atoms with van der Waals surface area (Å²) in [5.41, 5.74) is 6.71. The van der Waals surface area contributed by atoms with Gasteiger partial charge in [-0.25, -0.2) is 9.97 Å². The van der Waals surface area contributed by atoms with Crippen molar-refractivity contribution in [2.24, 2.45) is 0 Å². The molecule has 7 aromatic carbocycles. The standard InChI is InChI=1S/C62H57N7O5/c1-3-5-7-9-11-13-32-68-59(70)38-27-25-37-51-47(74-46-23-17-22-44-58(46)66-57-41-21-19-29-64-55(41)54-40(56(57)65-44)20-18-28-63-54)35-43-49-39(60(71)69(62(43)73)33-14-12-10-8-6-4-2)26-24-36(53(49)51)50-45(67-30-15-16-31-67)34-42(61(68)72)48(38)52(37)50/h17-29,34-35H,3-16,30-33H2,1-2H3. The molecular formula is C62H57N7O5. The molecule has 0 unspecified atom stereocenters. The van der Waals surface area contributed by atoms with Crippen molar-refractivity contribution in [3.05, 3.63) is 114 Å². The zero-order chi connectivity index (χ0) is 50.2.